The van der Waals surface area contributed by atoms with Crippen molar-refractivity contribution in [3.05, 3.63) is 11.6 Å². The fraction of sp³-hybridized carbons (Fsp3) is 0.667. The highest BCUT2D eigenvalue weighted by Crippen LogP contribution is 2.18. The maximum absolute atomic E-state index is 11.7. The van der Waals surface area contributed by atoms with E-state index in [-0.39, 0.29) is 6.09 Å². The van der Waals surface area contributed by atoms with Crippen LogP contribution in [0.4, 0.5) is 4.79 Å². The Morgan fingerprint density at radius 3 is 2.24 bits per heavy atom. The molecule has 1 saturated heterocycles. The van der Waals surface area contributed by atoms with Gasteiger partial charge in [-0.2, -0.15) is 0 Å². The minimum Gasteiger partial charge on any atom is -0.478 e. The number of ether oxygens (including phenoxy) is 1. The highest BCUT2D eigenvalue weighted by Gasteiger charge is 2.24. The number of carbonyl (C=O) groups excluding carboxylic acids is 1. The van der Waals surface area contributed by atoms with Crippen molar-refractivity contribution in [3.63, 3.8) is 0 Å². The second-order valence-electron chi connectivity index (χ2n) is 5.11. The van der Waals surface area contributed by atoms with Gasteiger partial charge in [0, 0.05) is 19.2 Å². The molecule has 1 aliphatic heterocycles. The van der Waals surface area contributed by atoms with Gasteiger partial charge in [0.15, 0.2) is 0 Å². The van der Waals surface area contributed by atoms with Gasteiger partial charge in [0.05, 0.1) is 0 Å². The van der Waals surface area contributed by atoms with E-state index in [1.54, 1.807) is 4.90 Å². The lowest BCUT2D eigenvalue weighted by molar-refractivity contribution is -0.131. The molecule has 1 aliphatic rings. The Bertz CT molecular complexity index is 331. The summed E-state index contributed by atoms with van der Waals surface area (Å²) in [5, 5.41) is 8.61. The number of piperidine rings is 1. The van der Waals surface area contributed by atoms with Gasteiger partial charge in [0.1, 0.15) is 5.60 Å². The SMILES string of the molecule is CC(C)(C)OC(=O)N1CCC(=CC(=O)O)CC1. The van der Waals surface area contributed by atoms with Gasteiger partial charge < -0.3 is 14.7 Å². The van der Waals surface area contributed by atoms with Crippen LogP contribution in [-0.2, 0) is 9.53 Å². The molecule has 1 rings (SSSR count). The minimum absolute atomic E-state index is 0.327. The highest BCUT2D eigenvalue weighted by atomic mass is 16.6. The molecule has 1 heterocycles. The molecule has 0 aromatic carbocycles. The predicted molar refractivity (Wildman–Crippen MR) is 62.8 cm³/mol. The first kappa shape index (κ1) is 13.5. The number of likely N-dealkylation sites (tertiary alicyclic amines) is 1. The van der Waals surface area contributed by atoms with Crippen LogP contribution < -0.4 is 0 Å². The van der Waals surface area contributed by atoms with Crippen LogP contribution >= 0.6 is 0 Å². The average molecular weight is 241 g/mol. The van der Waals surface area contributed by atoms with E-state index in [4.69, 9.17) is 9.84 Å². The van der Waals surface area contributed by atoms with Gasteiger partial charge in [0.2, 0.25) is 0 Å². The number of nitrogens with zero attached hydrogens (tertiary/aromatic N) is 1. The first-order valence-corrected chi connectivity index (χ1v) is 5.68. The monoisotopic (exact) mass is 241 g/mol. The van der Waals surface area contributed by atoms with Gasteiger partial charge in [-0.15, -0.1) is 0 Å². The molecule has 0 saturated carbocycles. The molecule has 1 amide bonds. The molecule has 5 nitrogen and oxygen atoms in total. The van der Waals surface area contributed by atoms with Gasteiger partial charge in [-0.05, 0) is 33.6 Å². The van der Waals surface area contributed by atoms with Crippen molar-refractivity contribution in [1.29, 1.82) is 0 Å². The summed E-state index contributed by atoms with van der Waals surface area (Å²) in [5.74, 6) is -0.925. The number of carbonyl (C=O) groups is 2. The third-order valence-electron chi connectivity index (χ3n) is 2.38. The molecular formula is C12H19NO4. The summed E-state index contributed by atoms with van der Waals surface area (Å²) in [6, 6.07) is 0. The van der Waals surface area contributed by atoms with Crippen LogP contribution in [0.5, 0.6) is 0 Å². The molecule has 96 valence electrons. The molecule has 0 atom stereocenters. The number of amides is 1. The van der Waals surface area contributed by atoms with Crippen molar-refractivity contribution in [2.24, 2.45) is 0 Å². The van der Waals surface area contributed by atoms with E-state index < -0.39 is 11.6 Å². The van der Waals surface area contributed by atoms with E-state index in [1.165, 1.54) is 6.08 Å². The summed E-state index contributed by atoms with van der Waals surface area (Å²) in [6.07, 6.45) is 2.11. The molecule has 1 fully saturated rings. The van der Waals surface area contributed by atoms with E-state index in [9.17, 15) is 9.59 Å². The second-order valence-corrected chi connectivity index (χ2v) is 5.11. The third kappa shape index (κ3) is 4.89. The first-order valence-electron chi connectivity index (χ1n) is 5.68. The second kappa shape index (κ2) is 5.21. The molecule has 0 unspecified atom stereocenters. The Balaban J connectivity index is 2.47. The molecule has 0 bridgehead atoms. The summed E-state index contributed by atoms with van der Waals surface area (Å²) >= 11 is 0. The van der Waals surface area contributed by atoms with E-state index in [0.29, 0.717) is 25.9 Å². The van der Waals surface area contributed by atoms with Crippen molar-refractivity contribution in [3.8, 4) is 0 Å². The fourth-order valence-corrected chi connectivity index (χ4v) is 1.62. The molecule has 0 aliphatic carbocycles. The van der Waals surface area contributed by atoms with Crippen LogP contribution in [0.15, 0.2) is 11.6 Å². The third-order valence-corrected chi connectivity index (χ3v) is 2.38. The van der Waals surface area contributed by atoms with Gasteiger partial charge in [0.25, 0.3) is 0 Å². The van der Waals surface area contributed by atoms with E-state index in [2.05, 4.69) is 0 Å². The highest BCUT2D eigenvalue weighted by molar-refractivity contribution is 5.80. The smallest absolute Gasteiger partial charge is 0.410 e. The lowest BCUT2D eigenvalue weighted by Gasteiger charge is -2.30. The number of carboxylic acid groups (broad SMARTS) is 1. The summed E-state index contributed by atoms with van der Waals surface area (Å²) in [6.45, 7) is 6.52. The maximum atomic E-state index is 11.7. The Morgan fingerprint density at radius 1 is 1.29 bits per heavy atom. The van der Waals surface area contributed by atoms with Crippen molar-refractivity contribution >= 4 is 12.1 Å². The van der Waals surface area contributed by atoms with E-state index >= 15 is 0 Å². The molecule has 17 heavy (non-hydrogen) atoms. The van der Waals surface area contributed by atoms with Crippen molar-refractivity contribution in [1.82, 2.24) is 4.90 Å². The summed E-state index contributed by atoms with van der Waals surface area (Å²) < 4.78 is 5.24. The number of aliphatic carboxylic acids is 1. The van der Waals surface area contributed by atoms with Crippen LogP contribution in [0.1, 0.15) is 33.6 Å². The lowest BCUT2D eigenvalue weighted by atomic mass is 10.0. The summed E-state index contributed by atoms with van der Waals surface area (Å²) in [7, 11) is 0. The van der Waals surface area contributed by atoms with Gasteiger partial charge >= 0.3 is 12.1 Å². The van der Waals surface area contributed by atoms with Gasteiger partial charge in [-0.25, -0.2) is 9.59 Å². The number of rotatable bonds is 1. The fourth-order valence-electron chi connectivity index (χ4n) is 1.62. The van der Waals surface area contributed by atoms with Crippen molar-refractivity contribution < 1.29 is 19.4 Å². The van der Waals surface area contributed by atoms with Gasteiger partial charge in [-0.1, -0.05) is 5.57 Å². The zero-order chi connectivity index (χ0) is 13.1. The van der Waals surface area contributed by atoms with Crippen molar-refractivity contribution in [2.75, 3.05) is 13.1 Å². The predicted octanol–water partition coefficient (Wildman–Crippen LogP) is 2.03. The molecular weight excluding hydrogens is 222 g/mol. The largest absolute Gasteiger partial charge is 0.478 e. The summed E-state index contributed by atoms with van der Waals surface area (Å²) in [5.41, 5.74) is 0.381. The molecule has 0 spiro atoms. The zero-order valence-corrected chi connectivity index (χ0v) is 10.5. The van der Waals surface area contributed by atoms with Crippen molar-refractivity contribution in [2.45, 2.75) is 39.2 Å². The molecule has 1 N–H and O–H groups in total. The van der Waals surface area contributed by atoms with E-state index in [0.717, 1.165) is 5.57 Å². The lowest BCUT2D eigenvalue weighted by Crippen LogP contribution is -2.40. The zero-order valence-electron chi connectivity index (χ0n) is 10.5. The Labute approximate surface area is 101 Å². The average Bonchev–Trinajstić information content (AvgIpc) is 2.15. The van der Waals surface area contributed by atoms with Crippen LogP contribution in [0.25, 0.3) is 0 Å². The van der Waals surface area contributed by atoms with Crippen LogP contribution in [-0.4, -0.2) is 40.8 Å². The van der Waals surface area contributed by atoms with Crippen LogP contribution in [0.3, 0.4) is 0 Å². The maximum Gasteiger partial charge on any atom is 0.410 e. The molecule has 0 aromatic heterocycles. The van der Waals surface area contributed by atoms with Crippen LogP contribution in [0.2, 0.25) is 0 Å². The topological polar surface area (TPSA) is 66.8 Å². The quantitative estimate of drug-likeness (QED) is 0.713. The molecule has 0 aromatic rings. The van der Waals surface area contributed by atoms with E-state index in [1.807, 2.05) is 20.8 Å². The normalized spacial score (nSPS) is 16.6. The van der Waals surface area contributed by atoms with Crippen LogP contribution in [0, 0.1) is 0 Å². The number of hydrogen-bond acceptors (Lipinski definition) is 3. The summed E-state index contributed by atoms with van der Waals surface area (Å²) in [4.78, 5) is 23.8. The number of hydrogen-bond donors (Lipinski definition) is 1. The Kier molecular flexibility index (Phi) is 4.15. The minimum atomic E-state index is -0.925. The Morgan fingerprint density at radius 2 is 1.82 bits per heavy atom. The first-order chi connectivity index (χ1) is 7.78. The molecule has 0 radical (unpaired) electrons. The Hall–Kier alpha value is -1.52. The number of carboxylic acids is 1. The standard InChI is InChI=1S/C12H19NO4/c1-12(2,3)17-11(16)13-6-4-9(5-7-13)8-10(14)15/h8H,4-7H2,1-3H3,(H,14,15). The van der Waals surface area contributed by atoms with Gasteiger partial charge in [-0.3, -0.25) is 0 Å². The molecule has 5 heteroatoms.